The highest BCUT2D eigenvalue weighted by Gasteiger charge is 2.19. The average Bonchev–Trinajstić information content (AvgIpc) is 2.85. The van der Waals surface area contributed by atoms with E-state index in [0.717, 1.165) is 35.1 Å². The molecule has 0 radical (unpaired) electrons. The van der Waals surface area contributed by atoms with E-state index in [0.29, 0.717) is 5.92 Å². The summed E-state index contributed by atoms with van der Waals surface area (Å²) in [6, 6.07) is 8.28. The van der Waals surface area contributed by atoms with Gasteiger partial charge in [0, 0.05) is 21.4 Å². The second kappa shape index (κ2) is 7.07. The van der Waals surface area contributed by atoms with Gasteiger partial charge >= 0.3 is 0 Å². The summed E-state index contributed by atoms with van der Waals surface area (Å²) < 4.78 is 13.5. The van der Waals surface area contributed by atoms with Crippen LogP contribution in [0, 0.1) is 5.92 Å². The zero-order chi connectivity index (χ0) is 12.1. The Morgan fingerprint density at radius 3 is 2.94 bits per heavy atom. The molecule has 4 heteroatoms. The summed E-state index contributed by atoms with van der Waals surface area (Å²) in [6.45, 7) is 2.54. The molecule has 1 heterocycles. The van der Waals surface area contributed by atoms with Crippen LogP contribution in [0.15, 0.2) is 28.7 Å². The van der Waals surface area contributed by atoms with Gasteiger partial charge in [-0.1, -0.05) is 56.7 Å². The first-order valence-corrected chi connectivity index (χ1v) is 8.13. The maximum absolute atomic E-state index is 6.02. The van der Waals surface area contributed by atoms with Gasteiger partial charge in [0.15, 0.2) is 0 Å². The lowest BCUT2D eigenvalue weighted by Crippen LogP contribution is -2.14. The van der Waals surface area contributed by atoms with Gasteiger partial charge in [-0.3, -0.25) is 0 Å². The third-order valence-electron chi connectivity index (χ3n) is 2.95. The van der Waals surface area contributed by atoms with Gasteiger partial charge in [0.05, 0.1) is 19.3 Å². The summed E-state index contributed by atoms with van der Waals surface area (Å²) in [4.78, 5) is 0. The predicted molar refractivity (Wildman–Crippen MR) is 80.6 cm³/mol. The number of halogens is 2. The van der Waals surface area contributed by atoms with Crippen LogP contribution in [0.25, 0.3) is 0 Å². The highest BCUT2D eigenvalue weighted by Crippen LogP contribution is 2.28. The first-order chi connectivity index (χ1) is 8.31. The molecular weight excluding hydrogens is 395 g/mol. The van der Waals surface area contributed by atoms with E-state index in [2.05, 4.69) is 56.7 Å². The topological polar surface area (TPSA) is 18.5 Å². The smallest absolute Gasteiger partial charge is 0.0925 e. The molecule has 0 amide bonds. The third kappa shape index (κ3) is 3.91. The van der Waals surface area contributed by atoms with E-state index in [-0.39, 0.29) is 6.10 Å². The van der Waals surface area contributed by atoms with Gasteiger partial charge in [-0.25, -0.2) is 0 Å². The van der Waals surface area contributed by atoms with Crippen molar-refractivity contribution in [3.8, 4) is 0 Å². The van der Waals surface area contributed by atoms with Gasteiger partial charge in [-0.15, -0.1) is 0 Å². The predicted octanol–water partition coefficient (Wildman–Crippen LogP) is 3.98. The van der Waals surface area contributed by atoms with Crippen LogP contribution in [-0.4, -0.2) is 24.2 Å². The second-order valence-corrected chi connectivity index (χ2v) is 5.96. The first kappa shape index (κ1) is 13.8. The maximum Gasteiger partial charge on any atom is 0.0925 e. The molecule has 1 aromatic carbocycles. The molecule has 0 aliphatic carbocycles. The number of alkyl halides is 1. The van der Waals surface area contributed by atoms with E-state index in [1.165, 1.54) is 5.56 Å². The van der Waals surface area contributed by atoms with Crippen molar-refractivity contribution < 1.29 is 9.47 Å². The van der Waals surface area contributed by atoms with Crippen molar-refractivity contribution >= 4 is 38.5 Å². The van der Waals surface area contributed by atoms with Crippen molar-refractivity contribution in [2.45, 2.75) is 12.5 Å². The number of hydrogen-bond acceptors (Lipinski definition) is 2. The highest BCUT2D eigenvalue weighted by atomic mass is 127. The van der Waals surface area contributed by atoms with Crippen LogP contribution in [0.4, 0.5) is 0 Å². The van der Waals surface area contributed by atoms with E-state index in [9.17, 15) is 0 Å². The Hall–Kier alpha value is 0.350. The molecule has 1 aliphatic rings. The SMILES string of the molecule is Brc1ccccc1C(CI)OCC1CCOC1. The van der Waals surface area contributed by atoms with Crippen molar-refractivity contribution in [2.75, 3.05) is 24.2 Å². The van der Waals surface area contributed by atoms with E-state index in [1.54, 1.807) is 0 Å². The molecule has 0 aromatic heterocycles. The van der Waals surface area contributed by atoms with Crippen molar-refractivity contribution in [3.63, 3.8) is 0 Å². The fourth-order valence-corrected chi connectivity index (χ4v) is 3.19. The Kier molecular flexibility index (Phi) is 5.72. The largest absolute Gasteiger partial charge is 0.381 e. The summed E-state index contributed by atoms with van der Waals surface area (Å²) >= 11 is 5.96. The fourth-order valence-electron chi connectivity index (χ4n) is 1.92. The standard InChI is InChI=1S/C13H16BrIO2/c14-12-4-2-1-3-11(12)13(7-15)17-9-10-5-6-16-8-10/h1-4,10,13H,5-9H2. The third-order valence-corrected chi connectivity index (χ3v) is 4.47. The fraction of sp³-hybridized carbons (Fsp3) is 0.538. The van der Waals surface area contributed by atoms with E-state index in [4.69, 9.17) is 9.47 Å². The molecule has 2 atom stereocenters. The molecule has 2 unspecified atom stereocenters. The van der Waals surface area contributed by atoms with Gasteiger partial charge in [-0.2, -0.15) is 0 Å². The van der Waals surface area contributed by atoms with Gasteiger partial charge < -0.3 is 9.47 Å². The van der Waals surface area contributed by atoms with Gasteiger partial charge in [0.1, 0.15) is 0 Å². The lowest BCUT2D eigenvalue weighted by Gasteiger charge is -2.19. The van der Waals surface area contributed by atoms with Crippen LogP contribution in [0.3, 0.4) is 0 Å². The van der Waals surface area contributed by atoms with E-state index in [1.807, 2.05) is 6.07 Å². The lowest BCUT2D eigenvalue weighted by atomic mass is 10.1. The number of rotatable bonds is 5. The summed E-state index contributed by atoms with van der Waals surface area (Å²) in [5.41, 5.74) is 1.24. The minimum Gasteiger partial charge on any atom is -0.381 e. The average molecular weight is 411 g/mol. The zero-order valence-electron chi connectivity index (χ0n) is 9.57. The Bertz CT molecular complexity index is 353. The van der Waals surface area contributed by atoms with Crippen molar-refractivity contribution in [3.05, 3.63) is 34.3 Å². The zero-order valence-corrected chi connectivity index (χ0v) is 13.3. The monoisotopic (exact) mass is 410 g/mol. The van der Waals surface area contributed by atoms with Gasteiger partial charge in [0.2, 0.25) is 0 Å². The maximum atomic E-state index is 6.02. The van der Waals surface area contributed by atoms with Crippen LogP contribution in [-0.2, 0) is 9.47 Å². The minimum atomic E-state index is 0.173. The Morgan fingerprint density at radius 1 is 1.47 bits per heavy atom. The molecular formula is C13H16BrIO2. The van der Waals surface area contributed by atoms with Crippen molar-refractivity contribution in [1.82, 2.24) is 0 Å². The quantitative estimate of drug-likeness (QED) is 0.540. The molecule has 2 rings (SSSR count). The number of benzene rings is 1. The minimum absolute atomic E-state index is 0.173. The summed E-state index contributed by atoms with van der Waals surface area (Å²) in [5, 5.41) is 0. The number of hydrogen-bond donors (Lipinski definition) is 0. The van der Waals surface area contributed by atoms with E-state index < -0.39 is 0 Å². The molecule has 94 valence electrons. The summed E-state index contributed by atoms with van der Waals surface area (Å²) in [5.74, 6) is 0.572. The van der Waals surface area contributed by atoms with Crippen LogP contribution < -0.4 is 0 Å². The molecule has 1 aliphatic heterocycles. The van der Waals surface area contributed by atoms with Crippen LogP contribution in [0.1, 0.15) is 18.1 Å². The molecule has 1 aromatic rings. The van der Waals surface area contributed by atoms with Gasteiger partial charge in [0.25, 0.3) is 0 Å². The van der Waals surface area contributed by atoms with Gasteiger partial charge in [-0.05, 0) is 18.1 Å². The van der Waals surface area contributed by atoms with Crippen LogP contribution in [0.2, 0.25) is 0 Å². The first-order valence-electron chi connectivity index (χ1n) is 5.81. The van der Waals surface area contributed by atoms with Crippen LogP contribution in [0.5, 0.6) is 0 Å². The molecule has 1 fully saturated rings. The second-order valence-electron chi connectivity index (χ2n) is 4.23. The molecule has 0 saturated carbocycles. The van der Waals surface area contributed by atoms with E-state index >= 15 is 0 Å². The summed E-state index contributed by atoms with van der Waals surface area (Å²) in [7, 11) is 0. The highest BCUT2D eigenvalue weighted by molar-refractivity contribution is 14.1. The van der Waals surface area contributed by atoms with Crippen LogP contribution >= 0.6 is 38.5 Å². The lowest BCUT2D eigenvalue weighted by molar-refractivity contribution is 0.0398. The number of ether oxygens (including phenoxy) is 2. The van der Waals surface area contributed by atoms with Crippen molar-refractivity contribution in [2.24, 2.45) is 5.92 Å². The molecule has 0 N–H and O–H groups in total. The Balaban J connectivity index is 1.94. The summed E-state index contributed by atoms with van der Waals surface area (Å²) in [6.07, 6.45) is 1.30. The molecule has 2 nitrogen and oxygen atoms in total. The molecule has 17 heavy (non-hydrogen) atoms. The molecule has 0 spiro atoms. The Morgan fingerprint density at radius 2 is 2.29 bits per heavy atom. The molecule has 0 bridgehead atoms. The molecule has 1 saturated heterocycles. The van der Waals surface area contributed by atoms with Crippen molar-refractivity contribution in [1.29, 1.82) is 0 Å². The normalized spacial score (nSPS) is 21.6. The Labute approximate surface area is 124 Å².